The third kappa shape index (κ3) is 3.68. The van der Waals surface area contributed by atoms with Crippen molar-refractivity contribution >= 4 is 24.0 Å². The Balaban J connectivity index is 2.12. The third-order valence-corrected chi connectivity index (χ3v) is 8.99. The number of hydroxylamine groups is 1. The van der Waals surface area contributed by atoms with Crippen LogP contribution in [0.2, 0.25) is 0 Å². The molecule has 144 valence electrons. The fourth-order valence-electron chi connectivity index (χ4n) is 3.33. The fourth-order valence-corrected chi connectivity index (χ4v) is 6.41. The van der Waals surface area contributed by atoms with Gasteiger partial charge >= 0.3 is 0 Å². The van der Waals surface area contributed by atoms with E-state index >= 15 is 0 Å². The highest BCUT2D eigenvalue weighted by Crippen LogP contribution is 2.56. The standard InChI is InChI=1S/C24H26NO2P/c1-4-20-15-17-21(18-16-20)19-25(26)24(2,3)28(27,22-11-7-5-8-12-22)23-13-9-6-10-14-23/h5-19H,4H2,1-3H3/b25-19-. The summed E-state index contributed by atoms with van der Waals surface area (Å²) in [5.41, 5.74) is 2.01. The Bertz CT molecular complexity index is 950. The van der Waals surface area contributed by atoms with Crippen molar-refractivity contribution in [2.24, 2.45) is 0 Å². The Kier molecular flexibility index (Phi) is 5.86. The number of rotatable bonds is 6. The van der Waals surface area contributed by atoms with E-state index in [0.29, 0.717) is 10.6 Å². The van der Waals surface area contributed by atoms with Crippen LogP contribution in [0.25, 0.3) is 0 Å². The van der Waals surface area contributed by atoms with Crippen LogP contribution >= 0.6 is 7.14 Å². The van der Waals surface area contributed by atoms with Crippen LogP contribution in [0.1, 0.15) is 31.9 Å². The Morgan fingerprint density at radius 3 is 1.75 bits per heavy atom. The molecule has 0 unspecified atom stereocenters. The van der Waals surface area contributed by atoms with Gasteiger partial charge in [-0.15, -0.1) is 0 Å². The molecule has 3 aromatic carbocycles. The number of hydrogen-bond acceptors (Lipinski definition) is 2. The Labute approximate surface area is 167 Å². The van der Waals surface area contributed by atoms with E-state index in [2.05, 4.69) is 6.92 Å². The molecule has 0 bridgehead atoms. The van der Waals surface area contributed by atoms with Gasteiger partial charge < -0.3 is 9.77 Å². The van der Waals surface area contributed by atoms with E-state index in [9.17, 15) is 9.77 Å². The lowest BCUT2D eigenvalue weighted by Gasteiger charge is -2.33. The predicted octanol–water partition coefficient (Wildman–Crippen LogP) is 4.93. The highest BCUT2D eigenvalue weighted by atomic mass is 31.2. The Morgan fingerprint density at radius 1 is 0.857 bits per heavy atom. The predicted molar refractivity (Wildman–Crippen MR) is 118 cm³/mol. The monoisotopic (exact) mass is 391 g/mol. The smallest absolute Gasteiger partial charge is 0.225 e. The molecule has 0 amide bonds. The van der Waals surface area contributed by atoms with Crippen molar-refractivity contribution in [3.05, 3.63) is 101 Å². The molecule has 0 aromatic heterocycles. The second-order valence-electron chi connectivity index (χ2n) is 7.32. The van der Waals surface area contributed by atoms with Crippen LogP contribution in [0.4, 0.5) is 0 Å². The minimum Gasteiger partial charge on any atom is -0.623 e. The number of benzene rings is 3. The van der Waals surface area contributed by atoms with Crippen molar-refractivity contribution in [3.8, 4) is 0 Å². The van der Waals surface area contributed by atoms with Crippen molar-refractivity contribution in [2.75, 3.05) is 0 Å². The van der Waals surface area contributed by atoms with Crippen LogP contribution in [0.3, 0.4) is 0 Å². The van der Waals surface area contributed by atoms with Crippen LogP contribution in [-0.4, -0.2) is 16.2 Å². The van der Waals surface area contributed by atoms with E-state index in [4.69, 9.17) is 0 Å². The molecule has 3 nitrogen and oxygen atoms in total. The Morgan fingerprint density at radius 2 is 1.32 bits per heavy atom. The number of aryl methyl sites for hydroxylation is 1. The van der Waals surface area contributed by atoms with Crippen LogP contribution in [-0.2, 0) is 11.0 Å². The van der Waals surface area contributed by atoms with Crippen LogP contribution in [0.5, 0.6) is 0 Å². The summed E-state index contributed by atoms with van der Waals surface area (Å²) in [6.45, 7) is 5.62. The summed E-state index contributed by atoms with van der Waals surface area (Å²) in [6, 6.07) is 26.5. The molecule has 0 fully saturated rings. The second-order valence-corrected chi connectivity index (χ2v) is 10.7. The minimum absolute atomic E-state index is 0.682. The maximum Gasteiger partial charge on any atom is 0.225 e. The molecule has 0 saturated heterocycles. The summed E-state index contributed by atoms with van der Waals surface area (Å²) in [5, 5.41) is 13.5. The van der Waals surface area contributed by atoms with Crippen molar-refractivity contribution < 1.29 is 9.30 Å². The summed E-state index contributed by atoms with van der Waals surface area (Å²) >= 11 is 0. The molecule has 0 aliphatic rings. The fraction of sp³-hybridized carbons (Fsp3) is 0.208. The molecule has 0 radical (unpaired) electrons. The van der Waals surface area contributed by atoms with Crippen molar-refractivity contribution in [3.63, 3.8) is 0 Å². The normalized spacial score (nSPS) is 12.8. The van der Waals surface area contributed by atoms with Gasteiger partial charge in [-0.25, -0.2) is 0 Å². The summed E-state index contributed by atoms with van der Waals surface area (Å²) in [7, 11) is -3.25. The van der Waals surface area contributed by atoms with Gasteiger partial charge in [0.25, 0.3) is 0 Å². The summed E-state index contributed by atoms with van der Waals surface area (Å²) in [5.74, 6) is 0. The molecular formula is C24H26NO2P. The van der Waals surface area contributed by atoms with Gasteiger partial charge in [0.15, 0.2) is 6.21 Å². The molecule has 4 heteroatoms. The van der Waals surface area contributed by atoms with E-state index in [-0.39, 0.29) is 0 Å². The van der Waals surface area contributed by atoms with Gasteiger partial charge in [-0.2, -0.15) is 4.74 Å². The zero-order chi connectivity index (χ0) is 20.2. The number of hydrogen-bond donors (Lipinski definition) is 0. The van der Waals surface area contributed by atoms with Crippen LogP contribution < -0.4 is 10.6 Å². The first-order valence-corrected chi connectivity index (χ1v) is 11.2. The molecule has 3 rings (SSSR count). The molecule has 28 heavy (non-hydrogen) atoms. The van der Waals surface area contributed by atoms with Gasteiger partial charge in [0.2, 0.25) is 12.4 Å². The molecule has 0 aliphatic carbocycles. The van der Waals surface area contributed by atoms with Gasteiger partial charge in [0, 0.05) is 30.0 Å². The van der Waals surface area contributed by atoms with Crippen LogP contribution in [0, 0.1) is 5.21 Å². The van der Waals surface area contributed by atoms with Crippen molar-refractivity contribution in [1.82, 2.24) is 0 Å². The average molecular weight is 391 g/mol. The highest BCUT2D eigenvalue weighted by Gasteiger charge is 2.50. The first-order chi connectivity index (χ1) is 13.4. The molecule has 0 heterocycles. The van der Waals surface area contributed by atoms with E-state index in [0.717, 1.165) is 16.7 Å². The Hall–Kier alpha value is -2.64. The molecule has 0 N–H and O–H groups in total. The minimum atomic E-state index is -3.25. The largest absolute Gasteiger partial charge is 0.623 e. The van der Waals surface area contributed by atoms with Crippen molar-refractivity contribution in [2.45, 2.75) is 32.5 Å². The quantitative estimate of drug-likeness (QED) is 0.197. The highest BCUT2D eigenvalue weighted by molar-refractivity contribution is 7.79. The first kappa shape index (κ1) is 20.1. The molecule has 0 saturated carbocycles. The van der Waals surface area contributed by atoms with E-state index in [1.807, 2.05) is 84.9 Å². The molecule has 3 aromatic rings. The maximum atomic E-state index is 14.5. The van der Waals surface area contributed by atoms with Gasteiger partial charge in [-0.3, -0.25) is 0 Å². The average Bonchev–Trinajstić information content (AvgIpc) is 2.74. The maximum absolute atomic E-state index is 14.5. The topological polar surface area (TPSA) is 43.1 Å². The van der Waals surface area contributed by atoms with Gasteiger partial charge in [-0.05, 0) is 24.1 Å². The zero-order valence-electron chi connectivity index (χ0n) is 16.6. The summed E-state index contributed by atoms with van der Waals surface area (Å²) < 4.78 is 15.4. The molecule has 0 aliphatic heterocycles. The first-order valence-electron chi connectivity index (χ1n) is 9.51. The SMILES string of the molecule is CCc1ccc(/C=[N+](\[O-])C(C)(C)P(=O)(c2ccccc2)c2ccccc2)cc1. The molecular weight excluding hydrogens is 365 g/mol. The van der Waals surface area contributed by atoms with Crippen LogP contribution in [0.15, 0.2) is 84.9 Å². The third-order valence-electron chi connectivity index (χ3n) is 5.20. The van der Waals surface area contributed by atoms with E-state index in [1.54, 1.807) is 13.8 Å². The second kappa shape index (κ2) is 8.16. The summed E-state index contributed by atoms with van der Waals surface area (Å²) in [4.78, 5) is 0. The lowest BCUT2D eigenvalue weighted by atomic mass is 10.1. The lowest BCUT2D eigenvalue weighted by molar-refractivity contribution is -0.506. The van der Waals surface area contributed by atoms with Gasteiger partial charge in [0.1, 0.15) is 0 Å². The van der Waals surface area contributed by atoms with Gasteiger partial charge in [0.05, 0.1) is 0 Å². The van der Waals surface area contributed by atoms with E-state index < -0.39 is 12.4 Å². The lowest BCUT2D eigenvalue weighted by Crippen LogP contribution is -2.41. The summed E-state index contributed by atoms with van der Waals surface area (Å²) in [6.07, 6.45) is 2.49. The number of nitrogens with zero attached hydrogens (tertiary/aromatic N) is 1. The molecule has 0 atom stereocenters. The van der Waals surface area contributed by atoms with Gasteiger partial charge in [-0.1, -0.05) is 79.7 Å². The molecule has 0 spiro atoms. The van der Waals surface area contributed by atoms with E-state index in [1.165, 1.54) is 11.8 Å². The van der Waals surface area contributed by atoms with Crippen molar-refractivity contribution in [1.29, 1.82) is 0 Å². The zero-order valence-corrected chi connectivity index (χ0v) is 17.5.